The van der Waals surface area contributed by atoms with Gasteiger partial charge in [0.05, 0.1) is 0 Å². The molecule has 0 aliphatic carbocycles. The van der Waals surface area contributed by atoms with Gasteiger partial charge in [-0.15, -0.1) is 0 Å². The lowest BCUT2D eigenvalue weighted by Gasteiger charge is -2.32. The zero-order chi connectivity index (χ0) is 21.3. The second-order valence-corrected chi connectivity index (χ2v) is 8.79. The van der Waals surface area contributed by atoms with Crippen molar-refractivity contribution in [2.75, 3.05) is 26.2 Å². The number of hydrogen-bond donors (Lipinski definition) is 2. The number of piperidine rings is 1. The number of ether oxygens (including phenoxy) is 1. The zero-order valence-electron chi connectivity index (χ0n) is 18.3. The highest BCUT2D eigenvalue weighted by Crippen LogP contribution is 2.17. The number of nitrogens with zero attached hydrogens (tertiary/aromatic N) is 1. The number of nitrogens with one attached hydrogen (secondary N) is 2. The summed E-state index contributed by atoms with van der Waals surface area (Å²) in [4.78, 5) is 37.6. The molecular weight excluding hydrogens is 358 g/mol. The number of carbonyl (C=O) groups is 3. The molecule has 2 N–H and O–H groups in total. The van der Waals surface area contributed by atoms with E-state index in [4.69, 9.17) is 4.74 Å². The number of likely N-dealkylation sites (tertiary alicyclic amines) is 1. The lowest BCUT2D eigenvalue weighted by molar-refractivity contribution is -0.132. The van der Waals surface area contributed by atoms with Gasteiger partial charge in [-0.2, -0.15) is 0 Å². The maximum absolute atomic E-state index is 12.3. The van der Waals surface area contributed by atoms with Crippen molar-refractivity contribution in [3.63, 3.8) is 0 Å². The zero-order valence-corrected chi connectivity index (χ0v) is 18.3. The normalized spacial score (nSPS) is 16.1. The third-order valence-corrected chi connectivity index (χ3v) is 4.81. The number of carbonyl (C=O) groups excluding carboxylic acids is 3. The largest absolute Gasteiger partial charge is 0.444 e. The van der Waals surface area contributed by atoms with Crippen molar-refractivity contribution in [3.05, 3.63) is 11.6 Å². The molecule has 1 saturated heterocycles. The van der Waals surface area contributed by atoms with Gasteiger partial charge < -0.3 is 20.3 Å². The quantitative estimate of drug-likeness (QED) is 0.649. The van der Waals surface area contributed by atoms with E-state index in [0.717, 1.165) is 18.4 Å². The van der Waals surface area contributed by atoms with Crippen molar-refractivity contribution >= 4 is 17.9 Å². The van der Waals surface area contributed by atoms with Crippen molar-refractivity contribution in [1.29, 1.82) is 0 Å². The minimum Gasteiger partial charge on any atom is -0.444 e. The third kappa shape index (κ3) is 9.76. The maximum Gasteiger partial charge on any atom is 0.407 e. The van der Waals surface area contributed by atoms with E-state index in [-0.39, 0.29) is 24.8 Å². The van der Waals surface area contributed by atoms with Gasteiger partial charge in [-0.25, -0.2) is 4.79 Å². The molecule has 0 saturated carbocycles. The van der Waals surface area contributed by atoms with Gasteiger partial charge in [0, 0.05) is 38.7 Å². The molecule has 0 radical (unpaired) electrons. The van der Waals surface area contributed by atoms with Crippen LogP contribution in [-0.4, -0.2) is 54.6 Å². The summed E-state index contributed by atoms with van der Waals surface area (Å²) in [5.41, 5.74) is 0.521. The summed E-state index contributed by atoms with van der Waals surface area (Å²) < 4.78 is 5.15. The van der Waals surface area contributed by atoms with E-state index < -0.39 is 11.7 Å². The van der Waals surface area contributed by atoms with Crippen LogP contribution in [0.1, 0.15) is 60.8 Å². The molecule has 7 heteroatoms. The van der Waals surface area contributed by atoms with Gasteiger partial charge >= 0.3 is 6.09 Å². The smallest absolute Gasteiger partial charge is 0.407 e. The summed E-state index contributed by atoms with van der Waals surface area (Å²) in [5, 5.41) is 5.58. The Morgan fingerprint density at radius 1 is 1.14 bits per heavy atom. The van der Waals surface area contributed by atoms with Crippen LogP contribution < -0.4 is 10.6 Å². The van der Waals surface area contributed by atoms with E-state index in [1.54, 1.807) is 26.8 Å². The van der Waals surface area contributed by atoms with Crippen LogP contribution in [-0.2, 0) is 14.3 Å². The lowest BCUT2D eigenvalue weighted by Crippen LogP contribution is -2.42. The highest BCUT2D eigenvalue weighted by molar-refractivity contribution is 5.88. The predicted octanol–water partition coefficient (Wildman–Crippen LogP) is 2.86. The monoisotopic (exact) mass is 395 g/mol. The fraction of sp³-hybridized carbons (Fsp3) is 0.762. The van der Waals surface area contributed by atoms with Crippen LogP contribution in [0.3, 0.4) is 0 Å². The predicted molar refractivity (Wildman–Crippen MR) is 110 cm³/mol. The average Bonchev–Trinajstić information content (AvgIpc) is 2.58. The van der Waals surface area contributed by atoms with Gasteiger partial charge in [0.1, 0.15) is 5.60 Å². The average molecular weight is 396 g/mol. The summed E-state index contributed by atoms with van der Waals surface area (Å²) in [6.07, 6.45) is 3.18. The van der Waals surface area contributed by atoms with Crippen molar-refractivity contribution in [2.45, 2.75) is 66.4 Å². The second kappa shape index (κ2) is 11.1. The van der Waals surface area contributed by atoms with Crippen molar-refractivity contribution in [3.8, 4) is 0 Å². The van der Waals surface area contributed by atoms with Crippen molar-refractivity contribution in [2.24, 2.45) is 11.8 Å². The highest BCUT2D eigenvalue weighted by atomic mass is 16.6. The molecule has 7 nitrogen and oxygen atoms in total. The number of allylic oxidation sites excluding steroid dienone is 1. The fourth-order valence-electron chi connectivity index (χ4n) is 2.80. The van der Waals surface area contributed by atoms with Crippen molar-refractivity contribution < 1.29 is 19.1 Å². The number of amides is 3. The van der Waals surface area contributed by atoms with Gasteiger partial charge in [-0.05, 0) is 52.4 Å². The fourth-order valence-corrected chi connectivity index (χ4v) is 2.80. The Morgan fingerprint density at radius 2 is 1.75 bits per heavy atom. The standard InChI is InChI=1S/C21H37N3O4/c1-15(2)16(3)13-18(25)23-14-17-8-11-24(12-9-17)19(26)7-10-22-20(27)28-21(4,5)6/h13,15,17H,7-12,14H2,1-6H3,(H,22,27)(H,23,25)/b16-13+. The topological polar surface area (TPSA) is 87.7 Å². The van der Waals surface area contributed by atoms with Gasteiger partial charge in [0.2, 0.25) is 11.8 Å². The molecule has 1 aliphatic rings. The molecule has 1 rings (SSSR count). The van der Waals surface area contributed by atoms with Gasteiger partial charge in [0.25, 0.3) is 0 Å². The van der Waals surface area contributed by atoms with Crippen LogP contribution in [0, 0.1) is 11.8 Å². The number of rotatable bonds is 7. The Bertz CT molecular complexity index is 571. The molecule has 1 heterocycles. The molecule has 160 valence electrons. The minimum atomic E-state index is -0.547. The molecule has 0 unspecified atom stereocenters. The Morgan fingerprint density at radius 3 is 2.29 bits per heavy atom. The van der Waals surface area contributed by atoms with E-state index in [1.165, 1.54) is 0 Å². The van der Waals surface area contributed by atoms with E-state index >= 15 is 0 Å². The van der Waals surface area contributed by atoms with Crippen LogP contribution in [0.4, 0.5) is 4.79 Å². The first-order chi connectivity index (χ1) is 13.0. The lowest BCUT2D eigenvalue weighted by atomic mass is 9.96. The van der Waals surface area contributed by atoms with Gasteiger partial charge in [0.15, 0.2) is 0 Å². The SMILES string of the molecule is C/C(=C\C(=O)NCC1CCN(C(=O)CCNC(=O)OC(C)(C)C)CC1)C(C)C. The molecule has 28 heavy (non-hydrogen) atoms. The second-order valence-electron chi connectivity index (χ2n) is 8.79. The molecule has 1 aliphatic heterocycles. The van der Waals surface area contributed by atoms with Gasteiger partial charge in [-0.3, -0.25) is 9.59 Å². The van der Waals surface area contributed by atoms with Crippen molar-refractivity contribution in [1.82, 2.24) is 15.5 Å². The molecule has 0 aromatic rings. The Hall–Kier alpha value is -2.05. The molecule has 0 aromatic carbocycles. The number of alkyl carbamates (subject to hydrolysis) is 1. The summed E-state index contributed by atoms with van der Waals surface area (Å²) in [6, 6.07) is 0. The highest BCUT2D eigenvalue weighted by Gasteiger charge is 2.23. The minimum absolute atomic E-state index is 0.0361. The molecule has 0 spiro atoms. The molecule has 1 fully saturated rings. The molecule has 0 aromatic heterocycles. The molecule has 0 atom stereocenters. The molecule has 0 bridgehead atoms. The molecule has 3 amide bonds. The summed E-state index contributed by atoms with van der Waals surface area (Å²) in [7, 11) is 0. The third-order valence-electron chi connectivity index (χ3n) is 4.81. The summed E-state index contributed by atoms with van der Waals surface area (Å²) in [6.45, 7) is 13.8. The van der Waals surface area contributed by atoms with E-state index in [0.29, 0.717) is 31.5 Å². The maximum atomic E-state index is 12.3. The van der Waals surface area contributed by atoms with Crippen LogP contribution >= 0.6 is 0 Å². The molecular formula is C21H37N3O4. The van der Waals surface area contributed by atoms with E-state index in [1.807, 2.05) is 11.8 Å². The van der Waals surface area contributed by atoms with Crippen LogP contribution in [0.15, 0.2) is 11.6 Å². The van der Waals surface area contributed by atoms with Crippen LogP contribution in [0.25, 0.3) is 0 Å². The first kappa shape index (κ1) is 24.0. The number of hydrogen-bond acceptors (Lipinski definition) is 4. The van der Waals surface area contributed by atoms with Gasteiger partial charge in [-0.1, -0.05) is 19.4 Å². The summed E-state index contributed by atoms with van der Waals surface area (Å²) >= 11 is 0. The first-order valence-electron chi connectivity index (χ1n) is 10.2. The van der Waals surface area contributed by atoms with Crippen LogP contribution in [0.5, 0.6) is 0 Å². The van der Waals surface area contributed by atoms with Crippen LogP contribution in [0.2, 0.25) is 0 Å². The van der Waals surface area contributed by atoms with E-state index in [2.05, 4.69) is 24.5 Å². The first-order valence-corrected chi connectivity index (χ1v) is 10.2. The summed E-state index contributed by atoms with van der Waals surface area (Å²) in [5.74, 6) is 0.748. The van der Waals surface area contributed by atoms with E-state index in [9.17, 15) is 14.4 Å². The Balaban J connectivity index is 2.25. The Labute approximate surface area is 169 Å². The Kier molecular flexibility index (Phi) is 9.49.